The molecule has 0 aromatic heterocycles. The molecule has 0 radical (unpaired) electrons. The molecule has 0 unspecified atom stereocenters. The molecular weight excluding hydrogens is 232 g/mol. The molecule has 0 fully saturated rings. The second-order valence-electron chi connectivity index (χ2n) is 3.93. The Hall–Kier alpha value is -2.10. The molecule has 1 rings (SSSR count). The van der Waals surface area contributed by atoms with Gasteiger partial charge in [0.15, 0.2) is 0 Å². The first-order valence-corrected chi connectivity index (χ1v) is 5.65. The summed E-state index contributed by atoms with van der Waals surface area (Å²) >= 11 is 0. The Kier molecular flexibility index (Phi) is 4.66. The molecular formula is C14H16O4. The van der Waals surface area contributed by atoms with Gasteiger partial charge in [-0.05, 0) is 26.3 Å². The smallest absolute Gasteiger partial charge is 0.379 e. The molecule has 96 valence electrons. The molecule has 0 amide bonds. The summed E-state index contributed by atoms with van der Waals surface area (Å²) in [5, 5.41) is 9.81. The largest absolute Gasteiger partial charge is 0.507 e. The number of aryl methyl sites for hydroxylation is 2. The molecule has 0 heterocycles. The SMILES string of the molecule is CCOC(=O)C(=O)C=C(O)c1ccc(C)cc1C. The van der Waals surface area contributed by atoms with Crippen LogP contribution in [0, 0.1) is 13.8 Å². The number of carbonyl (C=O) groups is 2. The van der Waals surface area contributed by atoms with Gasteiger partial charge in [-0.15, -0.1) is 0 Å². The number of ether oxygens (including phenoxy) is 1. The summed E-state index contributed by atoms with van der Waals surface area (Å²) in [5.74, 6) is -2.06. The van der Waals surface area contributed by atoms with Crippen LogP contribution in [0.25, 0.3) is 5.76 Å². The third-order valence-corrected chi connectivity index (χ3v) is 2.40. The maximum absolute atomic E-state index is 11.4. The molecule has 0 aliphatic carbocycles. The van der Waals surface area contributed by atoms with Gasteiger partial charge in [-0.1, -0.05) is 23.8 Å². The number of hydrogen-bond acceptors (Lipinski definition) is 4. The number of carbonyl (C=O) groups excluding carboxylic acids is 2. The molecule has 0 spiro atoms. The van der Waals surface area contributed by atoms with E-state index in [-0.39, 0.29) is 12.4 Å². The van der Waals surface area contributed by atoms with Crippen LogP contribution in [0.4, 0.5) is 0 Å². The quantitative estimate of drug-likeness (QED) is 0.384. The average molecular weight is 248 g/mol. The lowest BCUT2D eigenvalue weighted by atomic mass is 10.0. The lowest BCUT2D eigenvalue weighted by Gasteiger charge is -2.05. The highest BCUT2D eigenvalue weighted by molar-refractivity contribution is 6.39. The van der Waals surface area contributed by atoms with Gasteiger partial charge in [0.05, 0.1) is 6.61 Å². The maximum atomic E-state index is 11.4. The highest BCUT2D eigenvalue weighted by atomic mass is 16.5. The van der Waals surface area contributed by atoms with Gasteiger partial charge in [0, 0.05) is 11.6 Å². The van der Waals surface area contributed by atoms with Crippen molar-refractivity contribution in [1.82, 2.24) is 0 Å². The van der Waals surface area contributed by atoms with Crippen molar-refractivity contribution in [2.45, 2.75) is 20.8 Å². The standard InChI is InChI=1S/C14H16O4/c1-4-18-14(17)13(16)8-12(15)11-6-5-9(2)7-10(11)3/h5-8,15H,4H2,1-3H3. The van der Waals surface area contributed by atoms with Crippen LogP contribution in [-0.2, 0) is 14.3 Å². The molecule has 0 bridgehead atoms. The number of rotatable bonds is 4. The van der Waals surface area contributed by atoms with E-state index in [1.54, 1.807) is 13.0 Å². The Morgan fingerprint density at radius 2 is 2.00 bits per heavy atom. The van der Waals surface area contributed by atoms with Gasteiger partial charge in [0.1, 0.15) is 5.76 Å². The van der Waals surface area contributed by atoms with E-state index in [9.17, 15) is 14.7 Å². The maximum Gasteiger partial charge on any atom is 0.379 e. The van der Waals surface area contributed by atoms with Crippen LogP contribution < -0.4 is 0 Å². The van der Waals surface area contributed by atoms with E-state index in [2.05, 4.69) is 4.74 Å². The molecule has 0 aliphatic rings. The Morgan fingerprint density at radius 1 is 1.33 bits per heavy atom. The number of aliphatic hydroxyl groups excluding tert-OH is 1. The molecule has 1 N–H and O–H groups in total. The number of hydrogen-bond donors (Lipinski definition) is 1. The third kappa shape index (κ3) is 3.45. The van der Waals surface area contributed by atoms with E-state index in [4.69, 9.17) is 0 Å². The minimum Gasteiger partial charge on any atom is -0.507 e. The Labute approximate surface area is 106 Å². The highest BCUT2D eigenvalue weighted by Gasteiger charge is 2.14. The fraction of sp³-hybridized carbons (Fsp3) is 0.286. The zero-order chi connectivity index (χ0) is 13.7. The molecule has 4 heteroatoms. The van der Waals surface area contributed by atoms with Crippen molar-refractivity contribution in [1.29, 1.82) is 0 Å². The van der Waals surface area contributed by atoms with Crippen LogP contribution in [0.1, 0.15) is 23.6 Å². The second-order valence-corrected chi connectivity index (χ2v) is 3.93. The summed E-state index contributed by atoms with van der Waals surface area (Å²) < 4.78 is 4.55. The summed E-state index contributed by atoms with van der Waals surface area (Å²) in [6.45, 7) is 5.49. The van der Waals surface area contributed by atoms with Crippen LogP contribution in [-0.4, -0.2) is 23.5 Å². The molecule has 1 aromatic rings. The van der Waals surface area contributed by atoms with Crippen molar-refractivity contribution in [3.05, 3.63) is 41.0 Å². The van der Waals surface area contributed by atoms with Crippen molar-refractivity contribution in [3.8, 4) is 0 Å². The lowest BCUT2D eigenvalue weighted by molar-refractivity contribution is -0.151. The normalized spacial score (nSPS) is 11.2. The minimum atomic E-state index is -0.964. The number of aliphatic hydroxyl groups is 1. The fourth-order valence-electron chi connectivity index (χ4n) is 1.56. The second kappa shape index (κ2) is 6.00. The third-order valence-electron chi connectivity index (χ3n) is 2.40. The van der Waals surface area contributed by atoms with Gasteiger partial charge < -0.3 is 9.84 Å². The molecule has 18 heavy (non-hydrogen) atoms. The molecule has 1 aromatic carbocycles. The predicted molar refractivity (Wildman–Crippen MR) is 68.2 cm³/mol. The lowest BCUT2D eigenvalue weighted by Crippen LogP contribution is -2.15. The molecule has 0 aliphatic heterocycles. The van der Waals surface area contributed by atoms with Crippen LogP contribution in [0.15, 0.2) is 24.3 Å². The summed E-state index contributed by atoms with van der Waals surface area (Å²) in [7, 11) is 0. The van der Waals surface area contributed by atoms with Gasteiger partial charge in [-0.3, -0.25) is 4.79 Å². The van der Waals surface area contributed by atoms with E-state index in [1.807, 2.05) is 26.0 Å². The van der Waals surface area contributed by atoms with Gasteiger partial charge in [0.25, 0.3) is 5.78 Å². The van der Waals surface area contributed by atoms with Gasteiger partial charge in [-0.25, -0.2) is 4.79 Å². The van der Waals surface area contributed by atoms with Gasteiger partial charge in [-0.2, -0.15) is 0 Å². The van der Waals surface area contributed by atoms with Crippen molar-refractivity contribution in [2.24, 2.45) is 0 Å². The van der Waals surface area contributed by atoms with Gasteiger partial charge >= 0.3 is 5.97 Å². The van der Waals surface area contributed by atoms with E-state index in [1.165, 1.54) is 0 Å². The van der Waals surface area contributed by atoms with Crippen LogP contribution in [0.2, 0.25) is 0 Å². The van der Waals surface area contributed by atoms with Crippen LogP contribution >= 0.6 is 0 Å². The molecule has 0 atom stereocenters. The fourth-order valence-corrected chi connectivity index (χ4v) is 1.56. The Morgan fingerprint density at radius 3 is 2.56 bits per heavy atom. The zero-order valence-corrected chi connectivity index (χ0v) is 10.7. The number of ketones is 1. The van der Waals surface area contributed by atoms with Crippen LogP contribution in [0.3, 0.4) is 0 Å². The van der Waals surface area contributed by atoms with Crippen molar-refractivity contribution in [3.63, 3.8) is 0 Å². The first-order valence-electron chi connectivity index (χ1n) is 5.65. The van der Waals surface area contributed by atoms with Crippen LogP contribution in [0.5, 0.6) is 0 Å². The number of esters is 1. The highest BCUT2D eigenvalue weighted by Crippen LogP contribution is 2.17. The first kappa shape index (κ1) is 14.0. The zero-order valence-electron chi connectivity index (χ0n) is 10.7. The monoisotopic (exact) mass is 248 g/mol. The first-order chi connectivity index (χ1) is 8.45. The average Bonchev–Trinajstić information content (AvgIpc) is 2.28. The summed E-state index contributed by atoms with van der Waals surface area (Å²) in [6, 6.07) is 5.41. The van der Waals surface area contributed by atoms with E-state index < -0.39 is 11.8 Å². The van der Waals surface area contributed by atoms with E-state index in [0.29, 0.717) is 5.56 Å². The Balaban J connectivity index is 2.96. The summed E-state index contributed by atoms with van der Waals surface area (Å²) in [5.41, 5.74) is 2.42. The number of benzene rings is 1. The van der Waals surface area contributed by atoms with E-state index in [0.717, 1.165) is 17.2 Å². The molecule has 0 saturated heterocycles. The topological polar surface area (TPSA) is 63.6 Å². The summed E-state index contributed by atoms with van der Waals surface area (Å²) in [4.78, 5) is 22.5. The minimum absolute atomic E-state index is 0.128. The van der Waals surface area contributed by atoms with Crippen molar-refractivity contribution in [2.75, 3.05) is 6.61 Å². The molecule has 0 saturated carbocycles. The Bertz CT molecular complexity index is 501. The summed E-state index contributed by atoms with van der Waals surface area (Å²) in [6.07, 6.45) is 0.885. The predicted octanol–water partition coefficient (Wildman–Crippen LogP) is 2.33. The van der Waals surface area contributed by atoms with Gasteiger partial charge in [0.2, 0.25) is 0 Å². The van der Waals surface area contributed by atoms with Crippen molar-refractivity contribution < 1.29 is 19.4 Å². The van der Waals surface area contributed by atoms with E-state index >= 15 is 0 Å². The molecule has 4 nitrogen and oxygen atoms in total. The van der Waals surface area contributed by atoms with Crippen molar-refractivity contribution >= 4 is 17.5 Å².